The third-order valence-electron chi connectivity index (χ3n) is 9.54. The number of hydrogen-bond acceptors (Lipinski definition) is 14. The van der Waals surface area contributed by atoms with Crippen molar-refractivity contribution in [2.75, 3.05) is 24.6 Å². The Balaban J connectivity index is 1.12. The fraction of sp³-hybridized carbons (Fsp3) is 0.250. The van der Waals surface area contributed by atoms with Gasteiger partial charge in [0.1, 0.15) is 32.7 Å². The summed E-state index contributed by atoms with van der Waals surface area (Å²) in [6, 6.07) is 28.8. The van der Waals surface area contributed by atoms with E-state index in [0.29, 0.717) is 32.1 Å². The molecule has 19 heteroatoms. The van der Waals surface area contributed by atoms with Gasteiger partial charge >= 0.3 is 12.1 Å². The maximum atomic E-state index is 14.4. The minimum atomic E-state index is -1.37. The van der Waals surface area contributed by atoms with Gasteiger partial charge in [0.2, 0.25) is 5.60 Å². The van der Waals surface area contributed by atoms with Gasteiger partial charge in [-0.3, -0.25) is 19.5 Å². The zero-order valence-corrected chi connectivity index (χ0v) is 37.4. The molecule has 0 aliphatic carbocycles. The second kappa shape index (κ2) is 19.6. The first-order chi connectivity index (χ1) is 30.3. The number of anilines is 1. The molecular formula is C44H42ClN7O8S3. The Morgan fingerprint density at radius 3 is 2.16 bits per heavy atom. The summed E-state index contributed by atoms with van der Waals surface area (Å²) in [4.78, 5) is 70.6. The summed E-state index contributed by atoms with van der Waals surface area (Å²) >= 11 is 10.0. The van der Waals surface area contributed by atoms with Crippen molar-refractivity contribution in [1.29, 1.82) is 0 Å². The molecule has 15 nitrogen and oxygen atoms in total. The number of carboxylic acid groups (broad SMARTS) is 1. The van der Waals surface area contributed by atoms with Crippen molar-refractivity contribution in [1.82, 2.24) is 25.5 Å². The number of amides is 3. The SMILES string of the molecule is CC(C)(C)OC(=O)NCCOCc1cnccc1SC1=C(C(=O)O)N2C(=O)[C@@H](NC(=O)/C(=N\OC(c3ccccc3)(c3ccccc3)c3ccccc3)c3nc(N)sc3Cl)[C@@H]2SC1. The van der Waals surface area contributed by atoms with E-state index in [2.05, 4.69) is 25.8 Å². The first-order valence-electron chi connectivity index (χ1n) is 19.5. The number of thioether (sulfide) groups is 2. The molecule has 5 N–H and O–H groups in total. The van der Waals surface area contributed by atoms with E-state index in [1.165, 1.54) is 28.4 Å². The highest BCUT2D eigenvalue weighted by molar-refractivity contribution is 8.06. The zero-order valence-electron chi connectivity index (χ0n) is 34.1. The van der Waals surface area contributed by atoms with Gasteiger partial charge in [-0.05, 0) is 26.8 Å². The molecule has 0 spiro atoms. The standard InChI is InChI=1S/C44H42ClN7O8S3/c1-43(2,3)59-42(57)48-21-22-58-24-26-23-47-20-19-30(26)62-31-25-61-39-34(38(54)52(39)35(31)40(55)56)49-37(53)33(32-36(45)63-41(46)50-32)51-60-44(27-13-7-4-8-14-27,28-15-9-5-10-16-28)29-17-11-6-12-18-29/h4-20,23,34,39H,21-22,24-25H2,1-3H3,(H2,46,50)(H,48,57)(H,49,53)(H,55,56)/b51-33-/t34-,39+/m1/s1. The first-order valence-corrected chi connectivity index (χ1v) is 22.5. The summed E-state index contributed by atoms with van der Waals surface area (Å²) in [6.45, 7) is 5.82. The van der Waals surface area contributed by atoms with Crippen molar-refractivity contribution in [3.63, 3.8) is 0 Å². The van der Waals surface area contributed by atoms with Crippen LogP contribution in [0.4, 0.5) is 9.93 Å². The van der Waals surface area contributed by atoms with Crippen LogP contribution in [-0.2, 0) is 40.9 Å². The van der Waals surface area contributed by atoms with Crippen LogP contribution in [0.5, 0.6) is 0 Å². The number of nitrogens with one attached hydrogen (secondary N) is 2. The minimum absolute atomic E-state index is 0.0547. The summed E-state index contributed by atoms with van der Waals surface area (Å²) in [5, 5.41) is 19.7. The maximum Gasteiger partial charge on any atom is 0.407 e. The van der Waals surface area contributed by atoms with Gasteiger partial charge < -0.3 is 35.8 Å². The number of carboxylic acids is 1. The average Bonchev–Trinajstić information content (AvgIpc) is 3.61. The Kier molecular flexibility index (Phi) is 14.1. The fourth-order valence-electron chi connectivity index (χ4n) is 6.80. The van der Waals surface area contributed by atoms with E-state index in [-0.39, 0.29) is 52.1 Å². The Labute approximate surface area is 380 Å². The Bertz CT molecular complexity index is 2440. The predicted octanol–water partition coefficient (Wildman–Crippen LogP) is 7.02. The lowest BCUT2D eigenvalue weighted by Crippen LogP contribution is -2.71. The number of nitrogens with zero attached hydrogens (tertiary/aromatic N) is 4. The minimum Gasteiger partial charge on any atom is -0.477 e. The second-order valence-corrected chi connectivity index (χ2v) is 18.9. The summed E-state index contributed by atoms with van der Waals surface area (Å²) < 4.78 is 11.1. The molecular weight excluding hydrogens is 886 g/mol. The number of benzene rings is 3. The highest BCUT2D eigenvalue weighted by Crippen LogP contribution is 2.46. The first kappa shape index (κ1) is 45.1. The monoisotopic (exact) mass is 927 g/mol. The smallest absolute Gasteiger partial charge is 0.407 e. The van der Waals surface area contributed by atoms with Gasteiger partial charge in [-0.2, -0.15) is 0 Å². The van der Waals surface area contributed by atoms with Gasteiger partial charge in [-0.15, -0.1) is 11.8 Å². The molecule has 2 aliphatic heterocycles. The molecule has 326 valence electrons. The zero-order chi connectivity index (χ0) is 44.7. The number of rotatable bonds is 16. The number of oxime groups is 1. The lowest BCUT2D eigenvalue weighted by molar-refractivity contribution is -0.150. The predicted molar refractivity (Wildman–Crippen MR) is 242 cm³/mol. The molecule has 7 rings (SSSR count). The fourth-order valence-corrected chi connectivity index (χ4v) is 10.3. The number of carbonyl (C=O) groups excluding carboxylic acids is 3. The van der Waals surface area contributed by atoms with Crippen LogP contribution < -0.4 is 16.4 Å². The van der Waals surface area contributed by atoms with Crippen molar-refractivity contribution >= 4 is 81.2 Å². The van der Waals surface area contributed by atoms with Crippen LogP contribution in [0.1, 0.15) is 48.7 Å². The van der Waals surface area contributed by atoms with Crippen LogP contribution >= 0.6 is 46.5 Å². The summed E-state index contributed by atoms with van der Waals surface area (Å²) in [7, 11) is 0. The number of alkyl carbamates (subject to hydrolysis) is 1. The van der Waals surface area contributed by atoms with Crippen molar-refractivity contribution in [3.05, 3.63) is 152 Å². The van der Waals surface area contributed by atoms with Crippen LogP contribution in [0.2, 0.25) is 4.34 Å². The molecule has 3 amide bonds. The molecule has 1 saturated heterocycles. The number of fused-ring (bicyclic) bond motifs is 1. The van der Waals surface area contributed by atoms with Crippen LogP contribution in [-0.4, -0.2) is 85.5 Å². The molecule has 3 aromatic carbocycles. The number of halogens is 1. The van der Waals surface area contributed by atoms with Gasteiger partial charge in [0.15, 0.2) is 10.8 Å². The molecule has 1 fully saturated rings. The number of nitrogens with two attached hydrogens (primary N) is 1. The van der Waals surface area contributed by atoms with E-state index >= 15 is 0 Å². The van der Waals surface area contributed by atoms with Gasteiger partial charge in [-0.25, -0.2) is 14.6 Å². The average molecular weight is 929 g/mol. The number of pyridine rings is 1. The van der Waals surface area contributed by atoms with Gasteiger partial charge in [0.25, 0.3) is 11.8 Å². The molecule has 4 heterocycles. The number of hydrogen-bond donors (Lipinski definition) is 4. The van der Waals surface area contributed by atoms with Crippen LogP contribution in [0.25, 0.3) is 0 Å². The van der Waals surface area contributed by atoms with E-state index in [1.807, 2.05) is 91.0 Å². The van der Waals surface area contributed by atoms with Crippen molar-refractivity contribution in [2.45, 2.75) is 54.9 Å². The topological polar surface area (TPSA) is 208 Å². The summed E-state index contributed by atoms with van der Waals surface area (Å²) in [6.07, 6.45) is 2.62. The quantitative estimate of drug-likeness (QED) is 0.0258. The van der Waals surface area contributed by atoms with Crippen molar-refractivity contribution < 1.29 is 38.6 Å². The lowest BCUT2D eigenvalue weighted by atomic mass is 9.80. The maximum absolute atomic E-state index is 14.4. The van der Waals surface area contributed by atoms with E-state index in [9.17, 15) is 24.3 Å². The summed E-state index contributed by atoms with van der Waals surface area (Å²) in [5.74, 6) is -2.57. The normalized spacial score (nSPS) is 16.5. The van der Waals surface area contributed by atoms with Crippen LogP contribution in [0.3, 0.4) is 0 Å². The van der Waals surface area contributed by atoms with E-state index in [1.54, 1.807) is 39.2 Å². The number of aliphatic carboxylic acids is 1. The number of thiazole rings is 1. The van der Waals surface area contributed by atoms with Gasteiger partial charge in [-0.1, -0.05) is 131 Å². The van der Waals surface area contributed by atoms with Crippen LogP contribution in [0, 0.1) is 0 Å². The Hall–Kier alpha value is -5.92. The number of β-lactam (4-membered cyclic amide) rings is 1. The van der Waals surface area contributed by atoms with E-state index in [0.717, 1.165) is 11.3 Å². The largest absolute Gasteiger partial charge is 0.477 e. The summed E-state index contributed by atoms with van der Waals surface area (Å²) in [5.41, 5.74) is 6.24. The Morgan fingerprint density at radius 1 is 0.984 bits per heavy atom. The number of aromatic nitrogens is 2. The van der Waals surface area contributed by atoms with Gasteiger partial charge in [0, 0.05) is 56.7 Å². The van der Waals surface area contributed by atoms with Crippen molar-refractivity contribution in [3.8, 4) is 0 Å². The third kappa shape index (κ3) is 10.2. The Morgan fingerprint density at radius 2 is 1.60 bits per heavy atom. The molecule has 0 unspecified atom stereocenters. The van der Waals surface area contributed by atoms with Crippen molar-refractivity contribution in [2.24, 2.45) is 5.16 Å². The molecule has 5 aromatic rings. The molecule has 0 bridgehead atoms. The molecule has 2 aliphatic rings. The van der Waals surface area contributed by atoms with E-state index in [4.69, 9.17) is 31.6 Å². The molecule has 0 saturated carbocycles. The van der Waals surface area contributed by atoms with Gasteiger partial charge in [0.05, 0.1) is 13.2 Å². The third-order valence-corrected chi connectivity index (χ3v) is 13.3. The highest BCUT2D eigenvalue weighted by atomic mass is 35.5. The molecule has 63 heavy (non-hydrogen) atoms. The number of ether oxygens (including phenoxy) is 2. The molecule has 2 atom stereocenters. The van der Waals surface area contributed by atoms with E-state index < -0.39 is 46.5 Å². The second-order valence-electron chi connectivity index (χ2n) is 15.0. The lowest BCUT2D eigenvalue weighted by Gasteiger charge is -2.49. The molecule has 2 aromatic heterocycles. The molecule has 0 radical (unpaired) electrons. The highest BCUT2D eigenvalue weighted by Gasteiger charge is 2.55. The number of carbonyl (C=O) groups is 4. The number of nitrogen functional groups attached to an aromatic ring is 1. The van der Waals surface area contributed by atoms with Crippen LogP contribution in [0.15, 0.2) is 130 Å².